The molecule has 6 nitrogen and oxygen atoms in total. The molecule has 168 valence electrons. The molecule has 3 aromatic rings. The number of benzene rings is 3. The van der Waals surface area contributed by atoms with Crippen LogP contribution in [-0.2, 0) is 18.6 Å². The topological polar surface area (TPSA) is 75.8 Å². The average Bonchev–Trinajstić information content (AvgIpc) is 2.98. The number of hydrogen-bond donors (Lipinski definition) is 1. The first kappa shape index (κ1) is 21.2. The van der Waals surface area contributed by atoms with Crippen LogP contribution in [0.2, 0.25) is 0 Å². The van der Waals surface area contributed by atoms with E-state index in [9.17, 15) is 19.6 Å². The van der Waals surface area contributed by atoms with Crippen LogP contribution in [0.4, 0.5) is 15.8 Å². The predicted molar refractivity (Wildman–Crippen MR) is 123 cm³/mol. The van der Waals surface area contributed by atoms with E-state index >= 15 is 0 Å². The summed E-state index contributed by atoms with van der Waals surface area (Å²) in [7, 11) is 0. The maximum atomic E-state index is 13.5. The number of aliphatic hydroxyl groups is 1. The Kier molecular flexibility index (Phi) is 4.76. The Morgan fingerprint density at radius 1 is 1.12 bits per heavy atom. The number of nitro groups is 1. The second kappa shape index (κ2) is 7.42. The van der Waals surface area contributed by atoms with Crippen LogP contribution < -0.4 is 9.64 Å². The van der Waals surface area contributed by atoms with Crippen LogP contribution >= 0.6 is 0 Å². The quantitative estimate of drug-likeness (QED) is 0.433. The first-order chi connectivity index (χ1) is 15.8. The van der Waals surface area contributed by atoms with E-state index in [0.717, 1.165) is 16.8 Å². The first-order valence-corrected chi connectivity index (χ1v) is 10.7. The van der Waals surface area contributed by atoms with E-state index in [2.05, 4.69) is 24.8 Å². The molecule has 7 heteroatoms. The fraction of sp³-hybridized carbons (Fsp3) is 0.231. The van der Waals surface area contributed by atoms with Gasteiger partial charge in [0.15, 0.2) is 0 Å². The Balaban J connectivity index is 1.68. The van der Waals surface area contributed by atoms with Crippen LogP contribution in [0.1, 0.15) is 36.1 Å². The highest BCUT2D eigenvalue weighted by Gasteiger charge is 2.59. The standard InChI is InChI=1S/C26H23FN2O4/c1-25(2)22-5-3-4-6-23(22)28(15-17-7-9-20(27)10-8-17)26(25)12-11-18-13-21(29(31)32)14-19(16-30)24(18)33-26/h3-14,30H,15-16H2,1-2H3. The summed E-state index contributed by atoms with van der Waals surface area (Å²) in [6, 6.07) is 17.2. The minimum absolute atomic E-state index is 0.0980. The molecule has 1 atom stereocenters. The smallest absolute Gasteiger partial charge is 0.270 e. The predicted octanol–water partition coefficient (Wildman–Crippen LogP) is 5.33. The van der Waals surface area contributed by atoms with E-state index in [4.69, 9.17) is 4.74 Å². The molecule has 33 heavy (non-hydrogen) atoms. The zero-order chi connectivity index (χ0) is 23.4. The molecule has 5 rings (SSSR count). The minimum Gasteiger partial charge on any atom is -0.462 e. The highest BCUT2D eigenvalue weighted by molar-refractivity contribution is 5.74. The van der Waals surface area contributed by atoms with Gasteiger partial charge in [-0.2, -0.15) is 0 Å². The number of rotatable bonds is 4. The van der Waals surface area contributed by atoms with E-state index in [-0.39, 0.29) is 18.1 Å². The highest BCUT2D eigenvalue weighted by atomic mass is 19.1. The number of anilines is 1. The molecule has 1 N–H and O–H groups in total. The lowest BCUT2D eigenvalue weighted by molar-refractivity contribution is -0.385. The van der Waals surface area contributed by atoms with E-state index in [1.807, 2.05) is 30.4 Å². The van der Waals surface area contributed by atoms with Gasteiger partial charge in [0.05, 0.1) is 16.9 Å². The SMILES string of the molecule is CC1(C)c2ccccc2N(Cc2ccc(F)cc2)C12C=Cc1cc([N+](=O)[O-])cc(CO)c1O2. The number of nitro benzene ring substituents is 1. The van der Waals surface area contributed by atoms with Crippen molar-refractivity contribution in [3.05, 3.63) is 105 Å². The van der Waals surface area contributed by atoms with Crippen LogP contribution in [0, 0.1) is 15.9 Å². The van der Waals surface area contributed by atoms with Gasteiger partial charge >= 0.3 is 0 Å². The van der Waals surface area contributed by atoms with Gasteiger partial charge in [-0.3, -0.25) is 10.1 Å². The van der Waals surface area contributed by atoms with Crippen LogP contribution in [-0.4, -0.2) is 15.8 Å². The lowest BCUT2D eigenvalue weighted by atomic mass is 9.76. The number of aliphatic hydroxyl groups excluding tert-OH is 1. The molecule has 0 bridgehead atoms. The Bertz CT molecular complexity index is 1290. The molecule has 2 aliphatic heterocycles. The normalized spacial score (nSPS) is 19.8. The zero-order valence-corrected chi connectivity index (χ0v) is 18.3. The molecule has 2 heterocycles. The zero-order valence-electron chi connectivity index (χ0n) is 18.3. The highest BCUT2D eigenvalue weighted by Crippen LogP contribution is 2.56. The van der Waals surface area contributed by atoms with Crippen molar-refractivity contribution in [2.45, 2.75) is 38.1 Å². The van der Waals surface area contributed by atoms with Crippen LogP contribution in [0.3, 0.4) is 0 Å². The molecule has 0 fully saturated rings. The monoisotopic (exact) mass is 446 g/mol. The molecular formula is C26H23FN2O4. The molecule has 3 aromatic carbocycles. The molecule has 1 spiro atoms. The number of halogens is 1. The van der Waals surface area contributed by atoms with Gasteiger partial charge in [0.1, 0.15) is 11.6 Å². The molecule has 1 unspecified atom stereocenters. The van der Waals surface area contributed by atoms with Crippen molar-refractivity contribution in [2.75, 3.05) is 4.90 Å². The lowest BCUT2D eigenvalue weighted by Gasteiger charge is -2.47. The van der Waals surface area contributed by atoms with Crippen molar-refractivity contribution in [1.82, 2.24) is 0 Å². The second-order valence-electron chi connectivity index (χ2n) is 8.93. The average molecular weight is 446 g/mol. The van der Waals surface area contributed by atoms with Crippen molar-refractivity contribution in [3.63, 3.8) is 0 Å². The Morgan fingerprint density at radius 2 is 1.85 bits per heavy atom. The number of non-ortho nitro benzene ring substituents is 1. The summed E-state index contributed by atoms with van der Waals surface area (Å²) < 4.78 is 20.3. The summed E-state index contributed by atoms with van der Waals surface area (Å²) in [6.07, 6.45) is 3.76. The van der Waals surface area contributed by atoms with Gasteiger partial charge in [-0.15, -0.1) is 0 Å². The molecule has 0 aliphatic carbocycles. The summed E-state index contributed by atoms with van der Waals surface area (Å²) >= 11 is 0. The fourth-order valence-corrected chi connectivity index (χ4v) is 4.96. The Hall–Kier alpha value is -3.71. The third-order valence-electron chi connectivity index (χ3n) is 6.73. The third kappa shape index (κ3) is 3.11. The largest absolute Gasteiger partial charge is 0.462 e. The minimum atomic E-state index is -0.960. The summed E-state index contributed by atoms with van der Waals surface area (Å²) in [5.74, 6) is 0.128. The van der Waals surface area contributed by atoms with Crippen molar-refractivity contribution in [1.29, 1.82) is 0 Å². The lowest BCUT2D eigenvalue weighted by Crippen LogP contribution is -2.59. The molecule has 0 radical (unpaired) electrons. The van der Waals surface area contributed by atoms with Gasteiger partial charge in [0, 0.05) is 35.5 Å². The molecule has 0 aromatic heterocycles. The Labute approximate surface area is 190 Å². The van der Waals surface area contributed by atoms with Gasteiger partial charge in [-0.25, -0.2) is 4.39 Å². The van der Waals surface area contributed by atoms with Gasteiger partial charge in [0.25, 0.3) is 5.69 Å². The van der Waals surface area contributed by atoms with Crippen molar-refractivity contribution in [3.8, 4) is 5.75 Å². The van der Waals surface area contributed by atoms with Gasteiger partial charge in [-0.05, 0) is 55.3 Å². The number of para-hydroxylation sites is 1. The van der Waals surface area contributed by atoms with Crippen LogP contribution in [0.5, 0.6) is 5.75 Å². The van der Waals surface area contributed by atoms with Gasteiger partial charge in [-0.1, -0.05) is 30.3 Å². The number of hydrogen-bond acceptors (Lipinski definition) is 5. The van der Waals surface area contributed by atoms with Crippen molar-refractivity contribution < 1.29 is 19.2 Å². The van der Waals surface area contributed by atoms with Gasteiger partial charge < -0.3 is 14.7 Å². The summed E-state index contributed by atoms with van der Waals surface area (Å²) in [4.78, 5) is 13.0. The number of nitrogens with zero attached hydrogens (tertiary/aromatic N) is 2. The molecule has 0 saturated carbocycles. The molecular weight excluding hydrogens is 423 g/mol. The number of ether oxygens (including phenoxy) is 1. The first-order valence-electron chi connectivity index (χ1n) is 10.7. The van der Waals surface area contributed by atoms with E-state index in [0.29, 0.717) is 23.4 Å². The molecule has 2 aliphatic rings. The molecule has 0 amide bonds. The van der Waals surface area contributed by atoms with Crippen LogP contribution in [0.15, 0.2) is 66.7 Å². The second-order valence-corrected chi connectivity index (χ2v) is 8.93. The van der Waals surface area contributed by atoms with Crippen molar-refractivity contribution in [2.24, 2.45) is 0 Å². The maximum Gasteiger partial charge on any atom is 0.270 e. The van der Waals surface area contributed by atoms with Gasteiger partial charge in [0.2, 0.25) is 5.72 Å². The van der Waals surface area contributed by atoms with Crippen molar-refractivity contribution >= 4 is 17.5 Å². The summed E-state index contributed by atoms with van der Waals surface area (Å²) in [5, 5.41) is 21.3. The van der Waals surface area contributed by atoms with E-state index in [1.165, 1.54) is 24.3 Å². The fourth-order valence-electron chi connectivity index (χ4n) is 4.96. The maximum absolute atomic E-state index is 13.5. The summed E-state index contributed by atoms with van der Waals surface area (Å²) in [5.41, 5.74) is 2.34. The van der Waals surface area contributed by atoms with Crippen LogP contribution in [0.25, 0.3) is 6.08 Å². The molecule has 0 saturated heterocycles. The summed E-state index contributed by atoms with van der Waals surface area (Å²) in [6.45, 7) is 4.26. The van der Waals surface area contributed by atoms with E-state index < -0.39 is 16.1 Å². The Morgan fingerprint density at radius 3 is 2.55 bits per heavy atom. The number of fused-ring (bicyclic) bond motifs is 2. The third-order valence-corrected chi connectivity index (χ3v) is 6.73. The van der Waals surface area contributed by atoms with E-state index in [1.54, 1.807) is 12.1 Å².